The van der Waals surface area contributed by atoms with Crippen molar-refractivity contribution < 1.29 is 19.0 Å². The molecule has 1 aromatic rings. The molecule has 0 fully saturated rings. The Labute approximate surface area is 120 Å². The van der Waals surface area contributed by atoms with Gasteiger partial charge in [-0.15, -0.1) is 0 Å². The first kappa shape index (κ1) is 16.4. The maximum atomic E-state index is 11.4. The van der Waals surface area contributed by atoms with E-state index in [0.29, 0.717) is 13.2 Å². The van der Waals surface area contributed by atoms with Gasteiger partial charge in [0.2, 0.25) is 0 Å². The Morgan fingerprint density at radius 1 is 1.25 bits per heavy atom. The van der Waals surface area contributed by atoms with Crippen LogP contribution in [0, 0.1) is 5.21 Å². The molecule has 0 radical (unpaired) electrons. The van der Waals surface area contributed by atoms with Gasteiger partial charge in [0, 0.05) is 18.7 Å². The van der Waals surface area contributed by atoms with E-state index in [1.54, 1.807) is 12.1 Å². The number of carbonyl (C=O) groups excluding carboxylic acids is 1. The molecule has 0 saturated carbocycles. The zero-order valence-corrected chi connectivity index (χ0v) is 12.4. The lowest BCUT2D eigenvalue weighted by atomic mass is 10.1. The van der Waals surface area contributed by atoms with E-state index in [9.17, 15) is 10.0 Å². The molecule has 0 aromatic carbocycles. The summed E-state index contributed by atoms with van der Waals surface area (Å²) in [6.07, 6.45) is 4.96. The van der Waals surface area contributed by atoms with Crippen molar-refractivity contribution in [3.8, 4) is 0 Å². The summed E-state index contributed by atoms with van der Waals surface area (Å²) in [7, 11) is 0. The van der Waals surface area contributed by atoms with Crippen molar-refractivity contribution in [3.63, 3.8) is 0 Å². The number of hydrogen-bond donors (Lipinski definition) is 0. The normalized spacial score (nSPS) is 11.3. The lowest BCUT2D eigenvalue weighted by Gasteiger charge is -2.19. The van der Waals surface area contributed by atoms with E-state index in [1.165, 1.54) is 12.4 Å². The first-order valence-electron chi connectivity index (χ1n) is 6.84. The zero-order chi connectivity index (χ0) is 15.0. The minimum absolute atomic E-state index is 0.236. The molecule has 0 amide bonds. The average Bonchev–Trinajstić information content (AvgIpc) is 2.33. The monoisotopic (exact) mass is 281 g/mol. The molecule has 0 atom stereocenters. The lowest BCUT2D eigenvalue weighted by Crippen LogP contribution is -2.24. The second kappa shape index (κ2) is 7.85. The summed E-state index contributed by atoms with van der Waals surface area (Å²) >= 11 is 0. The topological polar surface area (TPSA) is 62.5 Å². The maximum Gasteiger partial charge on any atom is 0.308 e. The molecule has 0 spiro atoms. The van der Waals surface area contributed by atoms with Crippen LogP contribution in [0.2, 0.25) is 0 Å². The largest absolute Gasteiger partial charge is 0.619 e. The number of pyridine rings is 1. The van der Waals surface area contributed by atoms with Gasteiger partial charge in [0.05, 0.1) is 13.0 Å². The number of nitrogens with zero attached hydrogens (tertiary/aromatic N) is 1. The fourth-order valence-corrected chi connectivity index (χ4v) is 1.64. The highest BCUT2D eigenvalue weighted by Crippen LogP contribution is 2.08. The van der Waals surface area contributed by atoms with E-state index in [0.717, 1.165) is 23.1 Å². The molecule has 0 bridgehead atoms. The van der Waals surface area contributed by atoms with E-state index in [4.69, 9.17) is 9.47 Å². The summed E-state index contributed by atoms with van der Waals surface area (Å²) in [5.41, 5.74) is 0.663. The fraction of sp³-hybridized carbons (Fsp3) is 0.600. The average molecular weight is 281 g/mol. The van der Waals surface area contributed by atoms with Gasteiger partial charge in [0.1, 0.15) is 5.60 Å². The van der Waals surface area contributed by atoms with Crippen LogP contribution in [0.3, 0.4) is 0 Å². The minimum Gasteiger partial charge on any atom is -0.619 e. The molecule has 1 aromatic heterocycles. The Morgan fingerprint density at radius 3 is 2.50 bits per heavy atom. The van der Waals surface area contributed by atoms with Crippen LogP contribution < -0.4 is 4.73 Å². The zero-order valence-electron chi connectivity index (χ0n) is 12.4. The Bertz CT molecular complexity index is 409. The quantitative estimate of drug-likeness (QED) is 0.332. The number of ether oxygens (including phenoxy) is 2. The third-order valence-electron chi connectivity index (χ3n) is 2.50. The Kier molecular flexibility index (Phi) is 6.45. The van der Waals surface area contributed by atoms with Gasteiger partial charge in [0.15, 0.2) is 12.4 Å². The Hall–Kier alpha value is -1.62. The summed E-state index contributed by atoms with van der Waals surface area (Å²) in [4.78, 5) is 11.4. The van der Waals surface area contributed by atoms with Crippen LogP contribution in [0.1, 0.15) is 39.2 Å². The van der Waals surface area contributed by atoms with Crippen molar-refractivity contribution in [2.45, 2.75) is 45.6 Å². The molecule has 0 aliphatic rings. The van der Waals surface area contributed by atoms with Crippen LogP contribution in [0.4, 0.5) is 0 Å². The first-order valence-corrected chi connectivity index (χ1v) is 6.84. The van der Waals surface area contributed by atoms with Crippen molar-refractivity contribution in [1.29, 1.82) is 0 Å². The van der Waals surface area contributed by atoms with Gasteiger partial charge in [-0.05, 0) is 39.2 Å². The molecular formula is C15H23NO4. The third-order valence-corrected chi connectivity index (χ3v) is 2.50. The lowest BCUT2D eigenvalue weighted by molar-refractivity contribution is -0.605. The SMILES string of the molecule is CC(C)(C)OC(=O)CCOCCCc1cc[n+]([O-])cc1. The predicted molar refractivity (Wildman–Crippen MR) is 75.0 cm³/mol. The molecule has 0 N–H and O–H groups in total. The summed E-state index contributed by atoms with van der Waals surface area (Å²) in [6, 6.07) is 3.60. The van der Waals surface area contributed by atoms with E-state index in [-0.39, 0.29) is 12.4 Å². The summed E-state index contributed by atoms with van der Waals surface area (Å²) in [6.45, 7) is 6.50. The second-order valence-electron chi connectivity index (χ2n) is 5.62. The molecule has 5 nitrogen and oxygen atoms in total. The van der Waals surface area contributed by atoms with E-state index in [2.05, 4.69) is 0 Å². The van der Waals surface area contributed by atoms with Gasteiger partial charge in [-0.25, -0.2) is 0 Å². The van der Waals surface area contributed by atoms with E-state index >= 15 is 0 Å². The fourth-order valence-electron chi connectivity index (χ4n) is 1.64. The number of rotatable bonds is 7. The van der Waals surface area contributed by atoms with Crippen LogP contribution in [0.25, 0.3) is 0 Å². The smallest absolute Gasteiger partial charge is 0.308 e. The van der Waals surface area contributed by atoms with Crippen LogP contribution in [0.5, 0.6) is 0 Å². The van der Waals surface area contributed by atoms with Crippen molar-refractivity contribution >= 4 is 5.97 Å². The van der Waals surface area contributed by atoms with Crippen molar-refractivity contribution in [2.24, 2.45) is 0 Å². The number of aryl methyl sites for hydroxylation is 1. The molecule has 0 aliphatic heterocycles. The Balaban J connectivity index is 2.05. The van der Waals surface area contributed by atoms with Gasteiger partial charge >= 0.3 is 5.97 Å². The molecule has 112 valence electrons. The van der Waals surface area contributed by atoms with Crippen LogP contribution in [-0.4, -0.2) is 24.8 Å². The molecule has 20 heavy (non-hydrogen) atoms. The second-order valence-corrected chi connectivity index (χ2v) is 5.62. The number of carbonyl (C=O) groups is 1. The van der Waals surface area contributed by atoms with Gasteiger partial charge in [-0.3, -0.25) is 4.79 Å². The number of hydrogen-bond acceptors (Lipinski definition) is 4. The molecule has 1 heterocycles. The highest BCUT2D eigenvalue weighted by Gasteiger charge is 2.15. The van der Waals surface area contributed by atoms with Crippen molar-refractivity contribution in [3.05, 3.63) is 35.3 Å². The number of esters is 1. The van der Waals surface area contributed by atoms with E-state index in [1.807, 2.05) is 20.8 Å². The molecular weight excluding hydrogens is 258 g/mol. The van der Waals surface area contributed by atoms with Gasteiger partial charge in [-0.2, -0.15) is 4.73 Å². The maximum absolute atomic E-state index is 11.4. The van der Waals surface area contributed by atoms with Gasteiger partial charge < -0.3 is 14.7 Å². The van der Waals surface area contributed by atoms with Crippen molar-refractivity contribution in [1.82, 2.24) is 0 Å². The highest BCUT2D eigenvalue weighted by atomic mass is 16.6. The molecule has 1 rings (SSSR count). The molecule has 0 saturated heterocycles. The first-order chi connectivity index (χ1) is 9.37. The van der Waals surface area contributed by atoms with Crippen molar-refractivity contribution in [2.75, 3.05) is 13.2 Å². The van der Waals surface area contributed by atoms with Gasteiger partial charge in [-0.1, -0.05) is 0 Å². The Morgan fingerprint density at radius 2 is 1.90 bits per heavy atom. The standard InChI is InChI=1S/C15H23NO4/c1-15(2,3)20-14(17)8-12-19-11-4-5-13-6-9-16(18)10-7-13/h6-7,9-10H,4-5,8,11-12H2,1-3H3. The minimum atomic E-state index is -0.442. The van der Waals surface area contributed by atoms with Crippen LogP contribution in [-0.2, 0) is 20.7 Å². The van der Waals surface area contributed by atoms with Crippen LogP contribution >= 0.6 is 0 Å². The van der Waals surface area contributed by atoms with Gasteiger partial charge in [0.25, 0.3) is 0 Å². The summed E-state index contributed by atoms with van der Waals surface area (Å²) in [5, 5.41) is 10.8. The molecule has 0 unspecified atom stereocenters. The molecule has 5 heteroatoms. The highest BCUT2D eigenvalue weighted by molar-refractivity contribution is 5.69. The van der Waals surface area contributed by atoms with Crippen LogP contribution in [0.15, 0.2) is 24.5 Å². The number of aromatic nitrogens is 1. The van der Waals surface area contributed by atoms with E-state index < -0.39 is 5.60 Å². The summed E-state index contributed by atoms with van der Waals surface area (Å²) in [5.74, 6) is -0.236. The molecule has 0 aliphatic carbocycles. The summed E-state index contributed by atoms with van der Waals surface area (Å²) < 4.78 is 11.3. The predicted octanol–water partition coefficient (Wildman–Crippen LogP) is 2.00. The third kappa shape index (κ3) is 7.74.